The largest absolute Gasteiger partial charge is 0.383 e. The molecule has 0 aliphatic heterocycles. The lowest BCUT2D eigenvalue weighted by atomic mass is 10.6. The van der Waals surface area contributed by atoms with Crippen molar-refractivity contribution in [3.63, 3.8) is 0 Å². The molecule has 54 valence electrons. The van der Waals surface area contributed by atoms with Crippen molar-refractivity contribution in [3.8, 4) is 0 Å². The molecule has 1 aromatic rings. The van der Waals surface area contributed by atoms with E-state index in [-0.39, 0.29) is 11.8 Å². The van der Waals surface area contributed by atoms with Crippen molar-refractivity contribution < 1.29 is 0 Å². The van der Waals surface area contributed by atoms with Gasteiger partial charge in [0.05, 0.1) is 0 Å². The first-order chi connectivity index (χ1) is 4.61. The predicted octanol–water partition coefficient (Wildman–Crippen LogP) is -1.88. The summed E-state index contributed by atoms with van der Waals surface area (Å²) in [5.74, 6) is 5.22. The van der Waals surface area contributed by atoms with Gasteiger partial charge in [-0.05, 0) is 0 Å². The van der Waals surface area contributed by atoms with Gasteiger partial charge in [-0.25, -0.2) is 4.68 Å². The van der Waals surface area contributed by atoms with E-state index >= 15 is 0 Å². The maximum absolute atomic E-state index is 10.5. The highest BCUT2D eigenvalue weighted by molar-refractivity contribution is 5.35. The fraction of sp³-hybridized carbons (Fsp3) is 0. The fourth-order valence-corrected chi connectivity index (χ4v) is 0.527. The van der Waals surface area contributed by atoms with Gasteiger partial charge in [-0.2, -0.15) is 4.98 Å². The Kier molecular flexibility index (Phi) is 1.22. The summed E-state index contributed by atoms with van der Waals surface area (Å²) in [6, 6.07) is 1.09. The van der Waals surface area contributed by atoms with Crippen LogP contribution < -0.4 is 22.9 Å². The van der Waals surface area contributed by atoms with E-state index in [9.17, 15) is 4.79 Å². The number of nitrogens with zero attached hydrogens (tertiary/aromatic N) is 2. The summed E-state index contributed by atoms with van der Waals surface area (Å²) in [6.07, 6.45) is 0. The summed E-state index contributed by atoms with van der Waals surface area (Å²) in [5, 5.41) is 0. The molecule has 0 saturated carbocycles. The molecule has 6 N–H and O–H groups in total. The van der Waals surface area contributed by atoms with E-state index in [2.05, 4.69) is 4.98 Å². The normalized spacial score (nSPS) is 9.60. The van der Waals surface area contributed by atoms with Gasteiger partial charge in [0, 0.05) is 6.07 Å². The van der Waals surface area contributed by atoms with Crippen LogP contribution in [0.3, 0.4) is 0 Å². The number of hydrogen-bond donors (Lipinski definition) is 3. The van der Waals surface area contributed by atoms with Crippen molar-refractivity contribution in [2.24, 2.45) is 0 Å². The number of aromatic nitrogens is 2. The lowest BCUT2D eigenvalue weighted by molar-refractivity contribution is 0.954. The first kappa shape index (κ1) is 6.40. The van der Waals surface area contributed by atoms with E-state index in [1.807, 2.05) is 0 Å². The molecule has 0 amide bonds. The second-order valence-corrected chi connectivity index (χ2v) is 1.75. The quantitative estimate of drug-likeness (QED) is 0.366. The third-order valence-electron chi connectivity index (χ3n) is 1.02. The van der Waals surface area contributed by atoms with Crippen LogP contribution in [-0.4, -0.2) is 9.66 Å². The molecule has 0 aliphatic rings. The monoisotopic (exact) mass is 141 g/mol. The second kappa shape index (κ2) is 1.90. The summed E-state index contributed by atoms with van der Waals surface area (Å²) in [4.78, 5) is 13.8. The fourth-order valence-electron chi connectivity index (χ4n) is 0.527. The summed E-state index contributed by atoms with van der Waals surface area (Å²) in [6.45, 7) is 0. The molecule has 10 heavy (non-hydrogen) atoms. The van der Waals surface area contributed by atoms with E-state index in [4.69, 9.17) is 17.3 Å². The van der Waals surface area contributed by atoms with E-state index in [1.54, 1.807) is 0 Å². The third-order valence-corrected chi connectivity index (χ3v) is 1.02. The zero-order valence-corrected chi connectivity index (χ0v) is 5.11. The highest BCUT2D eigenvalue weighted by atomic mass is 16.1. The van der Waals surface area contributed by atoms with Gasteiger partial charge in [0.2, 0.25) is 5.95 Å². The van der Waals surface area contributed by atoms with Crippen LogP contribution in [0.4, 0.5) is 11.8 Å². The summed E-state index contributed by atoms with van der Waals surface area (Å²) in [7, 11) is 0. The SMILES string of the molecule is Nc1cc(=O)nc(N)n1N. The van der Waals surface area contributed by atoms with Gasteiger partial charge in [0.1, 0.15) is 5.82 Å². The molecule has 6 heteroatoms. The Morgan fingerprint density at radius 2 is 2.10 bits per heavy atom. The molecule has 0 bridgehead atoms. The third kappa shape index (κ3) is 0.859. The number of nitrogen functional groups attached to an aromatic ring is 3. The van der Waals surface area contributed by atoms with Gasteiger partial charge in [-0.1, -0.05) is 0 Å². The van der Waals surface area contributed by atoms with Crippen molar-refractivity contribution in [1.29, 1.82) is 0 Å². The Hall–Kier alpha value is -1.72. The number of rotatable bonds is 0. The summed E-state index contributed by atoms with van der Waals surface area (Å²) < 4.78 is 0.932. The van der Waals surface area contributed by atoms with Crippen molar-refractivity contribution in [2.45, 2.75) is 0 Å². The molecule has 0 aliphatic carbocycles. The molecule has 0 fully saturated rings. The molecule has 0 spiro atoms. The molecular weight excluding hydrogens is 134 g/mol. The van der Waals surface area contributed by atoms with Gasteiger partial charge in [0.15, 0.2) is 0 Å². The Balaban J connectivity index is 3.46. The molecule has 0 atom stereocenters. The highest BCUT2D eigenvalue weighted by Gasteiger charge is 1.97. The predicted molar refractivity (Wildman–Crippen MR) is 37.5 cm³/mol. The van der Waals surface area contributed by atoms with Crippen LogP contribution in [0.1, 0.15) is 0 Å². The first-order valence-corrected chi connectivity index (χ1v) is 2.51. The minimum atomic E-state index is -0.489. The van der Waals surface area contributed by atoms with E-state index < -0.39 is 5.56 Å². The summed E-state index contributed by atoms with van der Waals surface area (Å²) in [5.41, 5.74) is 9.92. The zero-order chi connectivity index (χ0) is 7.72. The van der Waals surface area contributed by atoms with Crippen LogP contribution in [0.25, 0.3) is 0 Å². The van der Waals surface area contributed by atoms with Gasteiger partial charge >= 0.3 is 0 Å². The average Bonchev–Trinajstić information content (AvgIpc) is 1.82. The molecule has 1 rings (SSSR count). The lowest BCUT2D eigenvalue weighted by Crippen LogP contribution is -2.24. The Bertz CT molecular complexity index is 277. The minimum Gasteiger partial charge on any atom is -0.383 e. The number of hydrogen-bond acceptors (Lipinski definition) is 5. The molecular formula is C4H7N5O. The van der Waals surface area contributed by atoms with E-state index in [0.717, 1.165) is 10.7 Å². The van der Waals surface area contributed by atoms with Crippen LogP contribution in [-0.2, 0) is 0 Å². The second-order valence-electron chi connectivity index (χ2n) is 1.75. The number of anilines is 2. The van der Waals surface area contributed by atoms with Crippen molar-refractivity contribution in [3.05, 3.63) is 16.4 Å². The summed E-state index contributed by atoms with van der Waals surface area (Å²) >= 11 is 0. The Morgan fingerprint density at radius 3 is 2.60 bits per heavy atom. The maximum atomic E-state index is 10.5. The first-order valence-electron chi connectivity index (χ1n) is 2.51. The van der Waals surface area contributed by atoms with Crippen LogP contribution in [0.5, 0.6) is 0 Å². The van der Waals surface area contributed by atoms with Gasteiger partial charge in [0.25, 0.3) is 5.56 Å². The molecule has 1 aromatic heterocycles. The standard InChI is InChI=1S/C4H7N5O/c5-2-1-3(10)8-4(6)9(2)7/h1H,5,7H2,(H2,6,8,10). The average molecular weight is 141 g/mol. The van der Waals surface area contributed by atoms with Crippen molar-refractivity contribution >= 4 is 11.8 Å². The van der Waals surface area contributed by atoms with Crippen LogP contribution in [0, 0.1) is 0 Å². The minimum absolute atomic E-state index is 0.0926. The molecule has 1 heterocycles. The van der Waals surface area contributed by atoms with Crippen molar-refractivity contribution in [2.75, 3.05) is 17.3 Å². The Labute approximate surface area is 56.2 Å². The zero-order valence-electron chi connectivity index (χ0n) is 5.11. The van der Waals surface area contributed by atoms with Gasteiger partial charge in [-0.3, -0.25) is 4.79 Å². The molecule has 0 saturated heterocycles. The highest BCUT2D eigenvalue weighted by Crippen LogP contribution is 1.95. The number of nitrogens with two attached hydrogens (primary N) is 3. The van der Waals surface area contributed by atoms with Gasteiger partial charge in [-0.15, -0.1) is 0 Å². The smallest absolute Gasteiger partial charge is 0.276 e. The lowest BCUT2D eigenvalue weighted by Gasteiger charge is -2.03. The van der Waals surface area contributed by atoms with Gasteiger partial charge < -0.3 is 17.3 Å². The van der Waals surface area contributed by atoms with Crippen LogP contribution in [0.15, 0.2) is 10.9 Å². The van der Waals surface area contributed by atoms with Crippen molar-refractivity contribution in [1.82, 2.24) is 9.66 Å². The molecule has 0 unspecified atom stereocenters. The molecule has 0 aromatic carbocycles. The van der Waals surface area contributed by atoms with Crippen LogP contribution in [0.2, 0.25) is 0 Å². The Morgan fingerprint density at radius 1 is 1.50 bits per heavy atom. The van der Waals surface area contributed by atoms with E-state index in [1.165, 1.54) is 0 Å². The molecule has 6 nitrogen and oxygen atoms in total. The topological polar surface area (TPSA) is 113 Å². The maximum Gasteiger partial charge on any atom is 0.276 e. The van der Waals surface area contributed by atoms with Crippen LogP contribution >= 0.6 is 0 Å². The molecule has 0 radical (unpaired) electrons. The van der Waals surface area contributed by atoms with E-state index in [0.29, 0.717) is 0 Å².